The van der Waals surface area contributed by atoms with Crippen molar-refractivity contribution in [3.8, 4) is 0 Å². The summed E-state index contributed by atoms with van der Waals surface area (Å²) in [7, 11) is -0.746. The Hall–Kier alpha value is -0.0431. The molecule has 0 aromatic carbocycles. The number of hydrogen-bond donors (Lipinski definition) is 0. The molecule has 0 spiro atoms. The average molecular weight is 142 g/mol. The van der Waals surface area contributed by atoms with Crippen molar-refractivity contribution in [1.29, 1.82) is 0 Å². The van der Waals surface area contributed by atoms with Gasteiger partial charge in [0.2, 0.25) is 0 Å². The zero-order valence-electron chi connectivity index (χ0n) is 7.07. The maximum absolute atomic E-state index is 2.41. The van der Waals surface area contributed by atoms with Crippen molar-refractivity contribution in [2.24, 2.45) is 0 Å². The minimum Gasteiger partial charge on any atom is -0.0917 e. The van der Waals surface area contributed by atoms with Crippen LogP contribution >= 0.6 is 0 Å². The molecule has 0 bridgehead atoms. The molecule has 0 amide bonds. The van der Waals surface area contributed by atoms with Gasteiger partial charge in [0.05, 0.1) is 0 Å². The predicted molar refractivity (Wildman–Crippen MR) is 47.6 cm³/mol. The SMILES string of the molecule is CC=CCC[Si](C)(C)C. The smallest absolute Gasteiger partial charge is 0.0445 e. The first-order valence-electron chi connectivity index (χ1n) is 3.67. The van der Waals surface area contributed by atoms with Crippen LogP contribution in [-0.2, 0) is 0 Å². The Bertz CT molecular complexity index is 87.2. The summed E-state index contributed by atoms with van der Waals surface area (Å²) in [6.45, 7) is 9.33. The highest BCUT2D eigenvalue weighted by Gasteiger charge is 2.09. The fourth-order valence-electron chi connectivity index (χ4n) is 0.683. The first-order valence-corrected chi connectivity index (χ1v) is 7.38. The zero-order chi connectivity index (χ0) is 7.33. The van der Waals surface area contributed by atoms with Gasteiger partial charge in [-0.05, 0) is 13.3 Å². The zero-order valence-corrected chi connectivity index (χ0v) is 8.07. The lowest BCUT2D eigenvalue weighted by atomic mass is 10.4. The number of allylic oxidation sites excluding steroid dienone is 2. The van der Waals surface area contributed by atoms with E-state index in [1.165, 1.54) is 12.5 Å². The van der Waals surface area contributed by atoms with E-state index in [1.807, 2.05) is 0 Å². The van der Waals surface area contributed by atoms with Crippen molar-refractivity contribution < 1.29 is 0 Å². The summed E-state index contributed by atoms with van der Waals surface area (Å²) in [6.07, 6.45) is 5.69. The van der Waals surface area contributed by atoms with E-state index in [4.69, 9.17) is 0 Å². The number of rotatable bonds is 3. The molecule has 0 aliphatic heterocycles. The van der Waals surface area contributed by atoms with Crippen LogP contribution in [0.1, 0.15) is 13.3 Å². The molecule has 0 nitrogen and oxygen atoms in total. The third-order valence-corrected chi connectivity index (χ3v) is 3.09. The van der Waals surface area contributed by atoms with Gasteiger partial charge in [-0.2, -0.15) is 0 Å². The molecule has 0 fully saturated rings. The molecule has 0 heterocycles. The quantitative estimate of drug-likeness (QED) is 0.419. The molecule has 0 atom stereocenters. The van der Waals surface area contributed by atoms with E-state index in [0.29, 0.717) is 0 Å². The molecule has 0 rings (SSSR count). The van der Waals surface area contributed by atoms with Crippen LogP contribution in [0.25, 0.3) is 0 Å². The van der Waals surface area contributed by atoms with E-state index in [-0.39, 0.29) is 0 Å². The third kappa shape index (κ3) is 7.96. The average Bonchev–Trinajstić information content (AvgIpc) is 1.63. The van der Waals surface area contributed by atoms with Crippen molar-refractivity contribution in [2.75, 3.05) is 0 Å². The largest absolute Gasteiger partial charge is 0.0917 e. The van der Waals surface area contributed by atoms with Crippen LogP contribution in [0.2, 0.25) is 25.7 Å². The molecule has 54 valence electrons. The second-order valence-corrected chi connectivity index (χ2v) is 9.29. The van der Waals surface area contributed by atoms with Crippen LogP contribution in [0.3, 0.4) is 0 Å². The van der Waals surface area contributed by atoms with Crippen molar-refractivity contribution >= 4 is 8.07 Å². The Morgan fingerprint density at radius 2 is 1.78 bits per heavy atom. The molecular weight excluding hydrogens is 124 g/mol. The van der Waals surface area contributed by atoms with E-state index < -0.39 is 8.07 Å². The second-order valence-electron chi connectivity index (χ2n) is 3.67. The van der Waals surface area contributed by atoms with Gasteiger partial charge in [-0.3, -0.25) is 0 Å². The van der Waals surface area contributed by atoms with Gasteiger partial charge in [-0.1, -0.05) is 37.8 Å². The topological polar surface area (TPSA) is 0 Å². The van der Waals surface area contributed by atoms with Crippen LogP contribution in [0.15, 0.2) is 12.2 Å². The molecular formula is C8H18Si. The van der Waals surface area contributed by atoms with Crippen molar-refractivity contribution in [2.45, 2.75) is 39.0 Å². The Balaban J connectivity index is 3.28. The van der Waals surface area contributed by atoms with Gasteiger partial charge in [-0.25, -0.2) is 0 Å². The van der Waals surface area contributed by atoms with Gasteiger partial charge in [0, 0.05) is 8.07 Å². The summed E-state index contributed by atoms with van der Waals surface area (Å²) >= 11 is 0. The highest BCUT2D eigenvalue weighted by Crippen LogP contribution is 2.10. The Labute approximate surface area is 60.0 Å². The highest BCUT2D eigenvalue weighted by atomic mass is 28.3. The number of hydrogen-bond acceptors (Lipinski definition) is 0. The van der Waals surface area contributed by atoms with Gasteiger partial charge >= 0.3 is 0 Å². The van der Waals surface area contributed by atoms with E-state index in [9.17, 15) is 0 Å². The lowest BCUT2D eigenvalue weighted by molar-refractivity contribution is 1.16. The van der Waals surface area contributed by atoms with Crippen LogP contribution in [0.5, 0.6) is 0 Å². The van der Waals surface area contributed by atoms with Gasteiger partial charge in [0.15, 0.2) is 0 Å². The maximum atomic E-state index is 2.41. The summed E-state index contributed by atoms with van der Waals surface area (Å²) in [6, 6.07) is 1.43. The maximum Gasteiger partial charge on any atom is 0.0445 e. The van der Waals surface area contributed by atoms with Gasteiger partial charge < -0.3 is 0 Å². The van der Waals surface area contributed by atoms with Crippen LogP contribution in [0, 0.1) is 0 Å². The molecule has 0 aromatic heterocycles. The minimum absolute atomic E-state index is 0.746. The summed E-state index contributed by atoms with van der Waals surface area (Å²) in [5, 5.41) is 0. The standard InChI is InChI=1S/C8H18Si/c1-5-6-7-8-9(2,3)4/h5-6H,7-8H2,1-4H3. The van der Waals surface area contributed by atoms with E-state index in [1.54, 1.807) is 0 Å². The fraction of sp³-hybridized carbons (Fsp3) is 0.750. The minimum atomic E-state index is -0.746. The highest BCUT2D eigenvalue weighted by molar-refractivity contribution is 6.76. The lowest BCUT2D eigenvalue weighted by Gasteiger charge is -2.12. The summed E-state index contributed by atoms with van der Waals surface area (Å²) < 4.78 is 0. The first kappa shape index (κ1) is 8.96. The Morgan fingerprint density at radius 3 is 2.11 bits per heavy atom. The lowest BCUT2D eigenvalue weighted by Crippen LogP contribution is -2.18. The summed E-state index contributed by atoms with van der Waals surface area (Å²) in [5.74, 6) is 0. The molecule has 0 aliphatic rings. The van der Waals surface area contributed by atoms with Crippen molar-refractivity contribution in [3.05, 3.63) is 12.2 Å². The van der Waals surface area contributed by atoms with Crippen molar-refractivity contribution in [1.82, 2.24) is 0 Å². The molecule has 9 heavy (non-hydrogen) atoms. The predicted octanol–water partition coefficient (Wildman–Crippen LogP) is 3.29. The van der Waals surface area contributed by atoms with E-state index >= 15 is 0 Å². The molecule has 0 radical (unpaired) electrons. The van der Waals surface area contributed by atoms with Crippen LogP contribution in [0.4, 0.5) is 0 Å². The molecule has 0 aliphatic carbocycles. The van der Waals surface area contributed by atoms with E-state index in [2.05, 4.69) is 38.7 Å². The molecule has 0 saturated heterocycles. The third-order valence-electron chi connectivity index (χ3n) is 1.30. The molecule has 0 N–H and O–H groups in total. The second kappa shape index (κ2) is 3.88. The molecule has 0 aromatic rings. The molecule has 0 saturated carbocycles. The monoisotopic (exact) mass is 142 g/mol. The van der Waals surface area contributed by atoms with Gasteiger partial charge in [0.25, 0.3) is 0 Å². The van der Waals surface area contributed by atoms with Crippen molar-refractivity contribution in [3.63, 3.8) is 0 Å². The Morgan fingerprint density at radius 1 is 1.22 bits per heavy atom. The molecule has 1 heteroatoms. The summed E-state index contributed by atoms with van der Waals surface area (Å²) in [4.78, 5) is 0. The fourth-order valence-corrected chi connectivity index (χ4v) is 1.72. The van der Waals surface area contributed by atoms with Crippen LogP contribution in [-0.4, -0.2) is 8.07 Å². The summed E-state index contributed by atoms with van der Waals surface area (Å²) in [5.41, 5.74) is 0. The van der Waals surface area contributed by atoms with E-state index in [0.717, 1.165) is 0 Å². The van der Waals surface area contributed by atoms with Gasteiger partial charge in [-0.15, -0.1) is 0 Å². The normalized spacial score (nSPS) is 12.9. The van der Waals surface area contributed by atoms with Crippen LogP contribution < -0.4 is 0 Å². The Kier molecular flexibility index (Phi) is 3.87. The van der Waals surface area contributed by atoms with Gasteiger partial charge in [0.1, 0.15) is 0 Å². The molecule has 0 unspecified atom stereocenters. The first-order chi connectivity index (χ1) is 4.06.